The molecule has 2 unspecified atom stereocenters. The minimum Gasteiger partial charge on any atom is -0.385 e. The van der Waals surface area contributed by atoms with E-state index >= 15 is 0 Å². The summed E-state index contributed by atoms with van der Waals surface area (Å²) < 4.78 is 7.29. The predicted octanol–water partition coefficient (Wildman–Crippen LogP) is 3.51. The van der Waals surface area contributed by atoms with Crippen molar-refractivity contribution >= 4 is 17.4 Å². The Morgan fingerprint density at radius 1 is 1.44 bits per heavy atom. The molecule has 0 aliphatic rings. The Labute approximate surface area is 114 Å². The van der Waals surface area contributed by atoms with Crippen molar-refractivity contribution in [1.29, 1.82) is 0 Å². The van der Waals surface area contributed by atoms with Crippen LogP contribution in [0.5, 0.6) is 0 Å². The van der Waals surface area contributed by atoms with Gasteiger partial charge in [0.25, 0.3) is 0 Å². The fourth-order valence-electron chi connectivity index (χ4n) is 2.34. The Morgan fingerprint density at radius 3 is 2.56 bits per heavy atom. The van der Waals surface area contributed by atoms with Gasteiger partial charge in [-0.1, -0.05) is 0 Å². The summed E-state index contributed by atoms with van der Waals surface area (Å²) in [6, 6.07) is 2.25. The molecule has 1 heterocycles. The van der Waals surface area contributed by atoms with Crippen molar-refractivity contribution in [1.82, 2.24) is 4.57 Å². The van der Waals surface area contributed by atoms with Crippen LogP contribution in [0.1, 0.15) is 48.1 Å². The molecule has 0 saturated carbocycles. The Bertz CT molecular complexity index is 424. The van der Waals surface area contributed by atoms with Crippen LogP contribution < -0.4 is 0 Å². The average Bonchev–Trinajstić information content (AvgIpc) is 2.60. The first kappa shape index (κ1) is 15.3. The van der Waals surface area contributed by atoms with Gasteiger partial charge in [0.2, 0.25) is 0 Å². The number of carbonyl (C=O) groups is 1. The SMILES string of the molecule is COCCC(C)n1c(C)cc(C(=O)C(C)Cl)c1C. The van der Waals surface area contributed by atoms with Crippen molar-refractivity contribution in [2.75, 3.05) is 13.7 Å². The van der Waals surface area contributed by atoms with E-state index in [-0.39, 0.29) is 5.78 Å². The Morgan fingerprint density at radius 2 is 2.06 bits per heavy atom. The first-order valence-electron chi connectivity index (χ1n) is 6.25. The molecule has 0 saturated heterocycles. The molecule has 0 aliphatic carbocycles. The maximum absolute atomic E-state index is 12.0. The summed E-state index contributed by atoms with van der Waals surface area (Å²) in [7, 11) is 1.70. The molecular formula is C14H22ClNO2. The van der Waals surface area contributed by atoms with Crippen LogP contribution >= 0.6 is 11.6 Å². The molecule has 102 valence electrons. The van der Waals surface area contributed by atoms with Crippen molar-refractivity contribution in [3.8, 4) is 0 Å². The van der Waals surface area contributed by atoms with Crippen molar-refractivity contribution in [3.05, 3.63) is 23.0 Å². The molecule has 0 radical (unpaired) electrons. The van der Waals surface area contributed by atoms with Gasteiger partial charge in [0.15, 0.2) is 5.78 Å². The molecule has 0 aromatic carbocycles. The van der Waals surface area contributed by atoms with Crippen molar-refractivity contribution in [3.63, 3.8) is 0 Å². The average molecular weight is 272 g/mol. The molecule has 0 fully saturated rings. The lowest BCUT2D eigenvalue weighted by atomic mass is 10.1. The zero-order valence-corrected chi connectivity index (χ0v) is 12.5. The molecule has 4 heteroatoms. The number of alkyl halides is 1. The van der Waals surface area contributed by atoms with Gasteiger partial charge in [-0.3, -0.25) is 4.79 Å². The fourth-order valence-corrected chi connectivity index (χ4v) is 2.45. The van der Waals surface area contributed by atoms with Crippen LogP contribution in [0.15, 0.2) is 6.07 Å². The first-order chi connectivity index (χ1) is 8.40. The number of Topliss-reactive ketones (excluding diaryl/α,β-unsaturated/α-hetero) is 1. The van der Waals surface area contributed by atoms with Gasteiger partial charge in [0.05, 0.1) is 5.38 Å². The third-order valence-corrected chi connectivity index (χ3v) is 3.49. The van der Waals surface area contributed by atoms with E-state index in [9.17, 15) is 4.79 Å². The number of nitrogens with zero attached hydrogens (tertiary/aromatic N) is 1. The topological polar surface area (TPSA) is 31.2 Å². The summed E-state index contributed by atoms with van der Waals surface area (Å²) in [4.78, 5) is 12.0. The maximum atomic E-state index is 12.0. The second-order valence-electron chi connectivity index (χ2n) is 4.77. The quantitative estimate of drug-likeness (QED) is 0.586. The minimum atomic E-state index is -0.478. The molecule has 18 heavy (non-hydrogen) atoms. The number of halogens is 1. The van der Waals surface area contributed by atoms with E-state index in [4.69, 9.17) is 16.3 Å². The number of hydrogen-bond donors (Lipinski definition) is 0. The highest BCUT2D eigenvalue weighted by atomic mass is 35.5. The van der Waals surface area contributed by atoms with Gasteiger partial charge in [-0.15, -0.1) is 11.6 Å². The summed E-state index contributed by atoms with van der Waals surface area (Å²) in [6.45, 7) is 8.56. The van der Waals surface area contributed by atoms with Crippen LogP contribution in [0.4, 0.5) is 0 Å². The monoisotopic (exact) mass is 271 g/mol. The van der Waals surface area contributed by atoms with Crippen molar-refractivity contribution in [2.45, 2.75) is 45.5 Å². The van der Waals surface area contributed by atoms with E-state index in [0.29, 0.717) is 12.6 Å². The molecule has 1 rings (SSSR count). The predicted molar refractivity (Wildman–Crippen MR) is 74.8 cm³/mol. The number of aryl methyl sites for hydroxylation is 1. The molecule has 3 nitrogen and oxygen atoms in total. The van der Waals surface area contributed by atoms with E-state index in [0.717, 1.165) is 23.4 Å². The van der Waals surface area contributed by atoms with Gasteiger partial charge in [-0.2, -0.15) is 0 Å². The molecule has 0 N–H and O–H groups in total. The Hall–Kier alpha value is -0.800. The highest BCUT2D eigenvalue weighted by Crippen LogP contribution is 2.24. The highest BCUT2D eigenvalue weighted by molar-refractivity contribution is 6.33. The molecule has 0 spiro atoms. The third-order valence-electron chi connectivity index (χ3n) is 3.29. The Kier molecular flexibility index (Phi) is 5.42. The van der Waals surface area contributed by atoms with Crippen LogP contribution in [0.2, 0.25) is 0 Å². The fraction of sp³-hybridized carbons (Fsp3) is 0.643. The minimum absolute atomic E-state index is 0.00467. The number of ether oxygens (including phenoxy) is 1. The molecule has 0 amide bonds. The van der Waals surface area contributed by atoms with E-state index in [2.05, 4.69) is 11.5 Å². The van der Waals surface area contributed by atoms with Gasteiger partial charge < -0.3 is 9.30 Å². The van der Waals surface area contributed by atoms with Crippen molar-refractivity contribution in [2.24, 2.45) is 0 Å². The van der Waals surface area contributed by atoms with Crippen LogP contribution in [-0.2, 0) is 4.74 Å². The zero-order chi connectivity index (χ0) is 13.9. The van der Waals surface area contributed by atoms with E-state index in [1.807, 2.05) is 19.9 Å². The van der Waals surface area contributed by atoms with E-state index in [1.165, 1.54) is 0 Å². The van der Waals surface area contributed by atoms with Gasteiger partial charge in [0.1, 0.15) is 0 Å². The number of carbonyl (C=O) groups excluding carboxylic acids is 1. The second-order valence-corrected chi connectivity index (χ2v) is 5.42. The van der Waals surface area contributed by atoms with Crippen molar-refractivity contribution < 1.29 is 9.53 Å². The first-order valence-corrected chi connectivity index (χ1v) is 6.69. The maximum Gasteiger partial charge on any atom is 0.182 e. The van der Waals surface area contributed by atoms with Crippen LogP contribution in [-0.4, -0.2) is 29.4 Å². The van der Waals surface area contributed by atoms with Crippen LogP contribution in [0, 0.1) is 13.8 Å². The molecular weight excluding hydrogens is 250 g/mol. The third kappa shape index (κ3) is 3.15. The standard InChI is InChI=1S/C14H22ClNO2/c1-9(6-7-18-5)16-10(2)8-13(12(16)4)14(17)11(3)15/h8-9,11H,6-7H2,1-5H3. The van der Waals surface area contributed by atoms with Crippen LogP contribution in [0.3, 0.4) is 0 Å². The van der Waals surface area contributed by atoms with Gasteiger partial charge in [-0.05, 0) is 40.2 Å². The lowest BCUT2D eigenvalue weighted by Gasteiger charge is -2.18. The Balaban J connectivity index is 3.04. The summed E-state index contributed by atoms with van der Waals surface area (Å²) in [5.74, 6) is -0.00467. The van der Waals surface area contributed by atoms with Gasteiger partial charge >= 0.3 is 0 Å². The van der Waals surface area contributed by atoms with Gasteiger partial charge in [0, 0.05) is 36.7 Å². The molecule has 1 aromatic heterocycles. The largest absolute Gasteiger partial charge is 0.385 e. The van der Waals surface area contributed by atoms with Gasteiger partial charge in [-0.25, -0.2) is 0 Å². The highest BCUT2D eigenvalue weighted by Gasteiger charge is 2.21. The number of rotatable bonds is 6. The van der Waals surface area contributed by atoms with Crippen LogP contribution in [0.25, 0.3) is 0 Å². The second kappa shape index (κ2) is 6.39. The smallest absolute Gasteiger partial charge is 0.182 e. The lowest BCUT2D eigenvalue weighted by molar-refractivity contribution is 0.0991. The summed E-state index contributed by atoms with van der Waals surface area (Å²) in [5, 5.41) is -0.478. The number of hydrogen-bond acceptors (Lipinski definition) is 2. The molecule has 0 aliphatic heterocycles. The zero-order valence-electron chi connectivity index (χ0n) is 11.8. The summed E-state index contributed by atoms with van der Waals surface area (Å²) in [6.07, 6.45) is 0.927. The molecule has 2 atom stereocenters. The van der Waals surface area contributed by atoms with E-state index in [1.54, 1.807) is 14.0 Å². The summed E-state index contributed by atoms with van der Waals surface area (Å²) in [5.41, 5.74) is 2.82. The summed E-state index contributed by atoms with van der Waals surface area (Å²) >= 11 is 5.88. The van der Waals surface area contributed by atoms with E-state index < -0.39 is 5.38 Å². The number of methoxy groups -OCH3 is 1. The lowest BCUT2D eigenvalue weighted by Crippen LogP contribution is -2.14. The molecule has 1 aromatic rings. The molecule has 0 bridgehead atoms. The number of ketones is 1. The number of aromatic nitrogens is 1. The normalized spacial score (nSPS) is 14.6.